The third-order valence-corrected chi connectivity index (χ3v) is 7.97. The van der Waals surface area contributed by atoms with E-state index in [2.05, 4.69) is 13.8 Å². The number of ether oxygens (including phenoxy) is 5. The SMILES string of the molecule is COc1ccc(CO[C@@H](C/C=C(\C)[C@H](O)[C@@H](C)[C@@H]2/C=C\[C@H](C)[C@H](OCc3ccc(OC)cc3)CC(=O)O2)C(C)C)cc1. The molecule has 3 rings (SSSR count). The second kappa shape index (κ2) is 16.5. The maximum absolute atomic E-state index is 12.8. The molecule has 0 fully saturated rings. The molecule has 1 N–H and O–H groups in total. The van der Waals surface area contributed by atoms with E-state index in [4.69, 9.17) is 23.7 Å². The van der Waals surface area contributed by atoms with Crippen molar-refractivity contribution in [2.75, 3.05) is 14.2 Å². The first-order valence-corrected chi connectivity index (χ1v) is 14.8. The normalized spacial score (nSPS) is 22.5. The van der Waals surface area contributed by atoms with Gasteiger partial charge in [-0.15, -0.1) is 0 Å². The van der Waals surface area contributed by atoms with Crippen LogP contribution < -0.4 is 9.47 Å². The predicted molar refractivity (Wildman–Crippen MR) is 164 cm³/mol. The van der Waals surface area contributed by atoms with Gasteiger partial charge in [0.2, 0.25) is 0 Å². The molecule has 42 heavy (non-hydrogen) atoms. The summed E-state index contributed by atoms with van der Waals surface area (Å²) in [4.78, 5) is 12.8. The standard InChI is InChI=1S/C35H48O7/c1-23(2)31(40-21-27-10-14-29(38-6)15-11-27)18-9-25(4)35(37)26(5)32-19-8-24(3)33(20-34(36)42-32)41-22-28-12-16-30(39-7)17-13-28/h8-17,19,23-24,26,31-33,35,37H,18,20-22H2,1-7H3/b19-8-,25-9+/t24-,26-,31-,32-,33+,35-/m0/s1. The Morgan fingerprint density at radius 3 is 2.07 bits per heavy atom. The lowest BCUT2D eigenvalue weighted by Gasteiger charge is -2.30. The van der Waals surface area contributed by atoms with Crippen LogP contribution in [0.1, 0.15) is 58.6 Å². The lowest BCUT2D eigenvalue weighted by atomic mass is 9.89. The van der Waals surface area contributed by atoms with Crippen LogP contribution in [0, 0.1) is 17.8 Å². The maximum atomic E-state index is 12.8. The summed E-state index contributed by atoms with van der Waals surface area (Å²) in [6.45, 7) is 11.0. The van der Waals surface area contributed by atoms with Gasteiger partial charge in [-0.3, -0.25) is 4.79 Å². The fourth-order valence-electron chi connectivity index (χ4n) is 4.89. The van der Waals surface area contributed by atoms with Crippen molar-refractivity contribution in [3.05, 3.63) is 83.5 Å². The summed E-state index contributed by atoms with van der Waals surface area (Å²) in [7, 11) is 3.28. The van der Waals surface area contributed by atoms with E-state index < -0.39 is 12.2 Å². The van der Waals surface area contributed by atoms with Crippen LogP contribution >= 0.6 is 0 Å². The molecule has 0 unspecified atom stereocenters. The van der Waals surface area contributed by atoms with Crippen molar-refractivity contribution in [3.8, 4) is 11.5 Å². The average Bonchev–Trinajstić information content (AvgIpc) is 2.99. The summed E-state index contributed by atoms with van der Waals surface area (Å²) in [6.07, 6.45) is 5.18. The van der Waals surface area contributed by atoms with E-state index >= 15 is 0 Å². The number of benzene rings is 2. The molecule has 0 aliphatic carbocycles. The summed E-state index contributed by atoms with van der Waals surface area (Å²) in [5.74, 6) is 1.27. The molecule has 2 aromatic rings. The van der Waals surface area contributed by atoms with E-state index in [-0.39, 0.29) is 36.4 Å². The molecule has 0 radical (unpaired) electrons. The maximum Gasteiger partial charge on any atom is 0.309 e. The van der Waals surface area contributed by atoms with Gasteiger partial charge in [-0.1, -0.05) is 64.1 Å². The molecule has 6 atom stereocenters. The number of rotatable bonds is 14. The van der Waals surface area contributed by atoms with Crippen molar-refractivity contribution in [1.82, 2.24) is 0 Å². The summed E-state index contributed by atoms with van der Waals surface area (Å²) in [5, 5.41) is 11.2. The van der Waals surface area contributed by atoms with Gasteiger partial charge in [-0.2, -0.15) is 0 Å². The highest BCUT2D eigenvalue weighted by molar-refractivity contribution is 5.70. The lowest BCUT2D eigenvalue weighted by Crippen LogP contribution is -2.36. The van der Waals surface area contributed by atoms with Gasteiger partial charge >= 0.3 is 5.97 Å². The van der Waals surface area contributed by atoms with Crippen molar-refractivity contribution in [3.63, 3.8) is 0 Å². The fourth-order valence-corrected chi connectivity index (χ4v) is 4.89. The summed E-state index contributed by atoms with van der Waals surface area (Å²) in [6, 6.07) is 15.5. The van der Waals surface area contributed by atoms with Crippen LogP contribution in [-0.4, -0.2) is 49.7 Å². The topological polar surface area (TPSA) is 83.5 Å². The number of hydrogen-bond donors (Lipinski definition) is 1. The van der Waals surface area contributed by atoms with Crippen LogP contribution in [0.25, 0.3) is 0 Å². The molecule has 0 aromatic heterocycles. The first kappa shape index (κ1) is 33.4. The van der Waals surface area contributed by atoms with Crippen LogP contribution in [0.5, 0.6) is 11.5 Å². The first-order chi connectivity index (χ1) is 20.1. The van der Waals surface area contributed by atoms with Crippen LogP contribution in [0.3, 0.4) is 0 Å². The Labute approximate surface area is 251 Å². The highest BCUT2D eigenvalue weighted by Crippen LogP contribution is 2.26. The zero-order chi connectivity index (χ0) is 30.6. The first-order valence-electron chi connectivity index (χ1n) is 14.8. The number of aliphatic hydroxyl groups excluding tert-OH is 1. The predicted octanol–water partition coefficient (Wildman–Crippen LogP) is 6.67. The van der Waals surface area contributed by atoms with Crippen molar-refractivity contribution >= 4 is 5.97 Å². The van der Waals surface area contributed by atoms with Crippen molar-refractivity contribution in [2.45, 2.75) is 85.1 Å². The Bertz CT molecular complexity index is 1150. The van der Waals surface area contributed by atoms with E-state index in [1.165, 1.54) is 0 Å². The molecule has 0 saturated heterocycles. The molecule has 0 spiro atoms. The zero-order valence-electron chi connectivity index (χ0n) is 26.1. The van der Waals surface area contributed by atoms with Crippen molar-refractivity contribution in [1.29, 1.82) is 0 Å². The number of hydrogen-bond acceptors (Lipinski definition) is 7. The van der Waals surface area contributed by atoms with E-state index in [1.807, 2.05) is 87.5 Å². The molecule has 7 nitrogen and oxygen atoms in total. The molecule has 1 aliphatic heterocycles. The molecule has 2 aromatic carbocycles. The Balaban J connectivity index is 1.56. The number of methoxy groups -OCH3 is 2. The van der Waals surface area contributed by atoms with E-state index in [1.54, 1.807) is 14.2 Å². The van der Waals surface area contributed by atoms with E-state index in [0.29, 0.717) is 25.6 Å². The molecular weight excluding hydrogens is 532 g/mol. The number of esters is 1. The van der Waals surface area contributed by atoms with Gasteiger partial charge in [0.25, 0.3) is 0 Å². The molecule has 230 valence electrons. The second-order valence-electron chi connectivity index (χ2n) is 11.5. The number of aliphatic hydroxyl groups is 1. The van der Waals surface area contributed by atoms with Gasteiger partial charge in [-0.25, -0.2) is 0 Å². The quantitative estimate of drug-likeness (QED) is 0.197. The molecule has 0 saturated carbocycles. The zero-order valence-corrected chi connectivity index (χ0v) is 26.1. The average molecular weight is 581 g/mol. The van der Waals surface area contributed by atoms with Gasteiger partial charge in [0, 0.05) is 11.8 Å². The summed E-state index contributed by atoms with van der Waals surface area (Å²) >= 11 is 0. The summed E-state index contributed by atoms with van der Waals surface area (Å²) in [5.41, 5.74) is 2.92. The molecule has 1 aliphatic rings. The van der Waals surface area contributed by atoms with Gasteiger partial charge in [-0.05, 0) is 66.3 Å². The number of cyclic esters (lactones) is 1. The molecule has 0 amide bonds. The van der Waals surface area contributed by atoms with Crippen LogP contribution in [0.4, 0.5) is 0 Å². The Kier molecular flexibility index (Phi) is 13.1. The molecule has 7 heteroatoms. The van der Waals surface area contributed by atoms with Crippen LogP contribution in [0.15, 0.2) is 72.3 Å². The highest BCUT2D eigenvalue weighted by Gasteiger charge is 2.31. The monoisotopic (exact) mass is 580 g/mol. The van der Waals surface area contributed by atoms with Crippen molar-refractivity contribution in [2.24, 2.45) is 17.8 Å². The number of carbonyl (C=O) groups is 1. The Morgan fingerprint density at radius 1 is 0.952 bits per heavy atom. The van der Waals surface area contributed by atoms with Gasteiger partial charge in [0.05, 0.1) is 52.2 Å². The summed E-state index contributed by atoms with van der Waals surface area (Å²) < 4.78 is 28.6. The van der Waals surface area contributed by atoms with Crippen molar-refractivity contribution < 1.29 is 33.6 Å². The largest absolute Gasteiger partial charge is 0.497 e. The molecule has 1 heterocycles. The Hall–Kier alpha value is -3.13. The minimum atomic E-state index is -0.765. The van der Waals surface area contributed by atoms with E-state index in [9.17, 15) is 9.90 Å². The van der Waals surface area contributed by atoms with E-state index in [0.717, 1.165) is 28.2 Å². The minimum Gasteiger partial charge on any atom is -0.497 e. The lowest BCUT2D eigenvalue weighted by molar-refractivity contribution is -0.155. The molecular formula is C35H48O7. The highest BCUT2D eigenvalue weighted by atomic mass is 16.5. The smallest absolute Gasteiger partial charge is 0.309 e. The number of carbonyl (C=O) groups excluding carboxylic acids is 1. The van der Waals surface area contributed by atoms with Crippen LogP contribution in [0.2, 0.25) is 0 Å². The Morgan fingerprint density at radius 2 is 1.52 bits per heavy atom. The molecule has 0 bridgehead atoms. The second-order valence-corrected chi connectivity index (χ2v) is 11.5. The third kappa shape index (κ3) is 10.0. The minimum absolute atomic E-state index is 0.000581. The third-order valence-electron chi connectivity index (χ3n) is 7.97. The van der Waals surface area contributed by atoms with Crippen LogP contribution in [-0.2, 0) is 32.2 Å². The van der Waals surface area contributed by atoms with Gasteiger partial charge in [0.1, 0.15) is 17.6 Å². The van der Waals surface area contributed by atoms with Gasteiger partial charge in [0.15, 0.2) is 0 Å². The van der Waals surface area contributed by atoms with Gasteiger partial charge < -0.3 is 28.8 Å². The fraction of sp³-hybridized carbons (Fsp3) is 0.514.